The summed E-state index contributed by atoms with van der Waals surface area (Å²) in [6, 6.07) is -9.69. The molecule has 31 nitrogen and oxygen atoms in total. The number of carbonyl (C=O) groups excluding carboxylic acids is 12. The Hall–Kier alpha value is -6.80. The van der Waals surface area contributed by atoms with Crippen LogP contribution in [0.4, 0.5) is 4.79 Å². The van der Waals surface area contributed by atoms with Gasteiger partial charge in [-0.05, 0) is 124 Å². The Morgan fingerprint density at radius 1 is 0.455 bits per heavy atom. The summed E-state index contributed by atoms with van der Waals surface area (Å²) in [6.07, 6.45) is 10.4. The molecule has 31 heteroatoms. The van der Waals surface area contributed by atoms with Crippen LogP contribution in [-0.4, -0.2) is 216 Å². The highest BCUT2D eigenvalue weighted by molar-refractivity contribution is 5.99. The highest BCUT2D eigenvalue weighted by Gasteiger charge is 2.38. The quantitative estimate of drug-likeness (QED) is 0.0306. The predicted octanol–water partition coefficient (Wildman–Crippen LogP) is 2.01. The molecule has 0 spiro atoms. The molecule has 0 bridgehead atoms. The van der Waals surface area contributed by atoms with Gasteiger partial charge in [0.2, 0.25) is 53.2 Å². The van der Waals surface area contributed by atoms with Crippen LogP contribution < -0.4 is 64.6 Å². The molecule has 0 saturated heterocycles. The molecule has 7 atom stereocenters. The first-order chi connectivity index (χ1) is 46.7. The van der Waals surface area contributed by atoms with E-state index in [1.165, 1.54) is 52.9 Å². The average Bonchev–Trinajstić information content (AvgIpc) is 0.854. The summed E-state index contributed by atoms with van der Waals surface area (Å²) in [5.74, 6) is -8.21. The Morgan fingerprint density at radius 2 is 0.889 bits per heavy atom. The van der Waals surface area contributed by atoms with Crippen LogP contribution in [0, 0.1) is 17.8 Å². The largest absolute Gasteiger partial charge is 0.462 e. The van der Waals surface area contributed by atoms with Gasteiger partial charge < -0.3 is 97.8 Å². The highest BCUT2D eigenvalue weighted by Crippen LogP contribution is 2.20. The zero-order valence-electron chi connectivity index (χ0n) is 61.5. The molecule has 0 aromatic carbocycles. The van der Waals surface area contributed by atoms with Crippen LogP contribution >= 0.6 is 0 Å². The van der Waals surface area contributed by atoms with E-state index >= 15 is 0 Å². The molecule has 570 valence electrons. The Morgan fingerprint density at radius 3 is 1.36 bits per heavy atom. The molecule has 0 radical (unpaired) electrons. The van der Waals surface area contributed by atoms with E-state index in [9.17, 15) is 57.5 Å². The number of esters is 2. The molecule has 1 aliphatic rings. The molecular weight excluding hydrogens is 1290 g/mol. The minimum Gasteiger partial charge on any atom is -0.462 e. The molecule has 0 aliphatic heterocycles. The predicted molar refractivity (Wildman–Crippen MR) is 370 cm³/mol. The first-order valence-corrected chi connectivity index (χ1v) is 35.4. The fraction of sp³-hybridized carbons (Fsp3) is 0.824. The second-order valence-corrected chi connectivity index (χ2v) is 27.7. The Labute approximate surface area is 586 Å². The fourth-order valence-corrected chi connectivity index (χ4v) is 10.2. The number of nitrogens with two attached hydrogens (primary N) is 2. The third-order valence-corrected chi connectivity index (χ3v) is 15.4. The molecule has 0 aromatic heterocycles. The van der Waals surface area contributed by atoms with Crippen LogP contribution in [0.2, 0.25) is 0 Å². The van der Waals surface area contributed by atoms with Gasteiger partial charge in [-0.2, -0.15) is 0 Å². The van der Waals surface area contributed by atoms with Gasteiger partial charge in [0.15, 0.2) is 0 Å². The van der Waals surface area contributed by atoms with Crippen LogP contribution in [0.5, 0.6) is 0 Å². The molecule has 1 rings (SSSR count). The number of carbonyl (C=O) groups is 12. The van der Waals surface area contributed by atoms with Gasteiger partial charge in [-0.25, -0.2) is 4.79 Å². The maximum Gasteiger partial charge on any atom is 0.312 e. The highest BCUT2D eigenvalue weighted by atomic mass is 16.6. The van der Waals surface area contributed by atoms with Crippen molar-refractivity contribution in [3.63, 3.8) is 0 Å². The molecule has 0 heterocycles. The van der Waals surface area contributed by atoms with Crippen molar-refractivity contribution in [3.8, 4) is 0 Å². The summed E-state index contributed by atoms with van der Waals surface area (Å²) in [4.78, 5) is 160. The number of nitrogens with one attached hydrogen (secondary N) is 10. The second-order valence-electron chi connectivity index (χ2n) is 27.7. The maximum absolute atomic E-state index is 14.2. The van der Waals surface area contributed by atoms with Crippen LogP contribution in [0.15, 0.2) is 0 Å². The molecule has 11 amide bonds. The van der Waals surface area contributed by atoms with Crippen molar-refractivity contribution in [2.75, 3.05) is 85.7 Å². The van der Waals surface area contributed by atoms with Gasteiger partial charge in [0.1, 0.15) is 59.5 Å². The fourth-order valence-electron chi connectivity index (χ4n) is 10.2. The van der Waals surface area contributed by atoms with Crippen LogP contribution in [0.1, 0.15) is 199 Å². The van der Waals surface area contributed by atoms with Gasteiger partial charge in [0.25, 0.3) is 0 Å². The Balaban J connectivity index is 2.84. The van der Waals surface area contributed by atoms with Crippen molar-refractivity contribution in [1.29, 1.82) is 0 Å². The van der Waals surface area contributed by atoms with Crippen LogP contribution in [0.3, 0.4) is 0 Å². The van der Waals surface area contributed by atoms with Crippen molar-refractivity contribution in [2.45, 2.75) is 259 Å². The van der Waals surface area contributed by atoms with Crippen LogP contribution in [-0.2, 0) is 85.9 Å². The van der Waals surface area contributed by atoms with E-state index in [-0.39, 0.29) is 114 Å². The van der Waals surface area contributed by atoms with Gasteiger partial charge in [-0.1, -0.05) is 80.6 Å². The molecule has 1 fully saturated rings. The van der Waals surface area contributed by atoms with Gasteiger partial charge in [0, 0.05) is 13.1 Å². The minimum atomic E-state index is -1.67. The van der Waals surface area contributed by atoms with Gasteiger partial charge in [-0.15, -0.1) is 0 Å². The Bertz CT molecular complexity index is 2450. The second kappa shape index (κ2) is 50.5. The smallest absolute Gasteiger partial charge is 0.312 e. The van der Waals surface area contributed by atoms with Crippen LogP contribution in [0.25, 0.3) is 0 Å². The van der Waals surface area contributed by atoms with Gasteiger partial charge in [-0.3, -0.25) is 52.7 Å². The normalized spacial score (nSPS) is 15.3. The van der Waals surface area contributed by atoms with Crippen molar-refractivity contribution in [2.24, 2.45) is 29.2 Å². The van der Waals surface area contributed by atoms with E-state index in [4.69, 9.17) is 44.6 Å². The summed E-state index contributed by atoms with van der Waals surface area (Å²) >= 11 is 0. The summed E-state index contributed by atoms with van der Waals surface area (Å²) in [5.41, 5.74) is 8.17. The molecule has 14 N–H and O–H groups in total. The molecule has 1 aliphatic carbocycles. The van der Waals surface area contributed by atoms with Crippen molar-refractivity contribution in [1.82, 2.24) is 53.2 Å². The number of amides is 11. The first-order valence-electron chi connectivity index (χ1n) is 35.4. The lowest BCUT2D eigenvalue weighted by atomic mass is 9.98. The van der Waals surface area contributed by atoms with E-state index in [0.717, 1.165) is 25.7 Å². The van der Waals surface area contributed by atoms with E-state index < -0.39 is 132 Å². The summed E-state index contributed by atoms with van der Waals surface area (Å²) in [7, 11) is 0. The molecule has 0 unspecified atom stereocenters. The van der Waals surface area contributed by atoms with Crippen molar-refractivity contribution >= 4 is 71.1 Å². The molecule has 99 heavy (non-hydrogen) atoms. The third kappa shape index (κ3) is 43.5. The number of hydrogen-bond donors (Lipinski definition) is 12. The lowest BCUT2D eigenvalue weighted by molar-refractivity contribution is -0.156. The van der Waals surface area contributed by atoms with Gasteiger partial charge in [0.05, 0.1) is 85.5 Å². The number of urea groups is 1. The summed E-state index contributed by atoms with van der Waals surface area (Å²) in [6.45, 7) is 24.3. The lowest BCUT2D eigenvalue weighted by Gasteiger charge is -2.31. The third-order valence-electron chi connectivity index (χ3n) is 15.4. The zero-order chi connectivity index (χ0) is 74.5. The van der Waals surface area contributed by atoms with E-state index in [1.54, 1.807) is 55.4 Å². The number of primary amides is 1. The van der Waals surface area contributed by atoms with Crippen molar-refractivity contribution in [3.05, 3.63) is 0 Å². The maximum atomic E-state index is 14.2. The van der Waals surface area contributed by atoms with E-state index in [1.807, 2.05) is 13.8 Å². The molecule has 1 saturated carbocycles. The number of hydrogen-bond acceptors (Lipinski definition) is 20. The lowest BCUT2D eigenvalue weighted by Crippen LogP contribution is -2.63. The Kier molecular flexibility index (Phi) is 46.0. The summed E-state index contributed by atoms with van der Waals surface area (Å²) in [5, 5.41) is 26.1. The number of rotatable bonds is 49. The molecule has 0 aromatic rings. The van der Waals surface area contributed by atoms with E-state index in [0.29, 0.717) is 39.6 Å². The standard InChI is InChI=1S/C68H124N12O19/c1-14-49(75-58(84)47(8)73-61(87)52(40-45(4)5)78-63(89)54(74-55(81)43-69)42-57(83)99-67(9,10)11)60(86)77-53(41-46(6)7)62(88)76-50(25-22-27-72-66(70)92)64(90)80-68(12,13)65(91)79-51(39-44(2)3)59(85)71-28-30-94-32-34-96-36-38-97-37-35-95-33-31-93-29-26-56(82)98-48-23-20-18-16-15-17-19-21-24-48/h44-54H,14-43,69H2,1-13H3,(H,71,85)(H,73,87)(H,74,81)(H,75,84)(H,76,88)(H,77,86)(H,78,89)(H,79,91)(H,80,90)(H3,70,72,92)/t47-,49-,50-,51-,52-,53-,54-/m0/s1. The summed E-state index contributed by atoms with van der Waals surface area (Å²) < 4.78 is 38.9. The average molecular weight is 1410 g/mol. The number of ether oxygens (including phenoxy) is 7. The topological polar surface area (TPSA) is 442 Å². The monoisotopic (exact) mass is 1410 g/mol. The zero-order valence-corrected chi connectivity index (χ0v) is 61.5. The van der Waals surface area contributed by atoms with E-state index in [2.05, 4.69) is 53.2 Å². The molecular formula is C68H124N12O19. The SMILES string of the molecule is CC[C@H](NC(=O)[C@H](C)NC(=O)[C@H](CC(C)C)NC(=O)[C@H](CC(=O)OC(C)(C)C)NC(=O)CN)C(=O)N[C@@H](CC(C)C)C(=O)N[C@@H](CCCNC(N)=O)C(=O)NC(C)(C)C(=O)N[C@@H](CC(C)C)C(=O)NCCOCCOCCOCCOCCOCCC(=O)OC1CCCCCCCCC1. The van der Waals surface area contributed by atoms with Gasteiger partial charge >= 0.3 is 18.0 Å². The van der Waals surface area contributed by atoms with Crippen molar-refractivity contribution < 1.29 is 90.7 Å². The minimum absolute atomic E-state index is 0.00798. The first kappa shape index (κ1) is 90.2.